The first-order valence-electron chi connectivity index (χ1n) is 6.11. The standard InChI is InChI=1S/C15H11BrFN3/c16-11-3-6-14-13(7-11)15(20-9-19-14)18-8-10-1-4-12(17)5-2-10/h1-7,9H,8H2,(H,18,19,20). The number of hydrogen-bond acceptors (Lipinski definition) is 3. The Morgan fingerprint density at radius 2 is 1.85 bits per heavy atom. The van der Waals surface area contributed by atoms with Crippen molar-refractivity contribution in [2.75, 3.05) is 5.32 Å². The lowest BCUT2D eigenvalue weighted by Crippen LogP contribution is -2.02. The van der Waals surface area contributed by atoms with Crippen LogP contribution in [-0.4, -0.2) is 9.97 Å². The van der Waals surface area contributed by atoms with Gasteiger partial charge in [-0.2, -0.15) is 0 Å². The van der Waals surface area contributed by atoms with E-state index in [1.165, 1.54) is 18.5 Å². The summed E-state index contributed by atoms with van der Waals surface area (Å²) in [6.45, 7) is 0.582. The van der Waals surface area contributed by atoms with Crippen LogP contribution in [-0.2, 0) is 6.54 Å². The quantitative estimate of drug-likeness (QED) is 0.783. The van der Waals surface area contributed by atoms with Crippen LogP contribution >= 0.6 is 15.9 Å². The Balaban J connectivity index is 1.87. The molecule has 5 heteroatoms. The monoisotopic (exact) mass is 331 g/mol. The van der Waals surface area contributed by atoms with Crippen molar-refractivity contribution < 1.29 is 4.39 Å². The van der Waals surface area contributed by atoms with Crippen molar-refractivity contribution in [3.05, 3.63) is 64.6 Å². The van der Waals surface area contributed by atoms with E-state index in [2.05, 4.69) is 31.2 Å². The SMILES string of the molecule is Fc1ccc(CNc2ncnc3ccc(Br)cc23)cc1. The Hall–Kier alpha value is -2.01. The average molecular weight is 332 g/mol. The van der Waals surface area contributed by atoms with E-state index >= 15 is 0 Å². The van der Waals surface area contributed by atoms with Crippen molar-refractivity contribution >= 4 is 32.7 Å². The fraction of sp³-hybridized carbons (Fsp3) is 0.0667. The van der Waals surface area contributed by atoms with Crippen LogP contribution in [0.4, 0.5) is 10.2 Å². The highest BCUT2D eigenvalue weighted by atomic mass is 79.9. The summed E-state index contributed by atoms with van der Waals surface area (Å²) in [4.78, 5) is 8.49. The molecule has 0 aliphatic carbocycles. The number of hydrogen-bond donors (Lipinski definition) is 1. The molecule has 0 unspecified atom stereocenters. The second-order valence-corrected chi connectivity index (χ2v) is 5.28. The van der Waals surface area contributed by atoms with Gasteiger partial charge in [0.1, 0.15) is 18.0 Å². The Morgan fingerprint density at radius 3 is 2.65 bits per heavy atom. The van der Waals surface area contributed by atoms with Crippen LogP contribution in [0, 0.1) is 5.82 Å². The van der Waals surface area contributed by atoms with Gasteiger partial charge in [0.2, 0.25) is 0 Å². The molecular formula is C15H11BrFN3. The van der Waals surface area contributed by atoms with E-state index in [1.807, 2.05) is 18.2 Å². The highest BCUT2D eigenvalue weighted by Crippen LogP contribution is 2.23. The number of halogens is 2. The largest absolute Gasteiger partial charge is 0.365 e. The minimum Gasteiger partial charge on any atom is -0.365 e. The number of fused-ring (bicyclic) bond motifs is 1. The maximum absolute atomic E-state index is 12.9. The topological polar surface area (TPSA) is 37.8 Å². The third-order valence-corrected chi connectivity index (χ3v) is 3.46. The van der Waals surface area contributed by atoms with Gasteiger partial charge in [0.15, 0.2) is 0 Å². The van der Waals surface area contributed by atoms with Crippen molar-refractivity contribution in [2.24, 2.45) is 0 Å². The van der Waals surface area contributed by atoms with Crippen LogP contribution in [0.3, 0.4) is 0 Å². The molecule has 0 aliphatic heterocycles. The second-order valence-electron chi connectivity index (χ2n) is 4.36. The Bertz CT molecular complexity index is 744. The molecule has 0 fully saturated rings. The molecule has 0 bridgehead atoms. The summed E-state index contributed by atoms with van der Waals surface area (Å²) in [5, 5.41) is 4.20. The molecule has 2 aromatic carbocycles. The first-order chi connectivity index (χ1) is 9.72. The summed E-state index contributed by atoms with van der Waals surface area (Å²) in [6, 6.07) is 12.3. The molecule has 1 heterocycles. The minimum atomic E-state index is -0.231. The highest BCUT2D eigenvalue weighted by Gasteiger charge is 2.04. The van der Waals surface area contributed by atoms with Gasteiger partial charge in [-0.3, -0.25) is 0 Å². The fourth-order valence-electron chi connectivity index (χ4n) is 1.96. The molecule has 20 heavy (non-hydrogen) atoms. The van der Waals surface area contributed by atoms with Gasteiger partial charge in [0, 0.05) is 16.4 Å². The number of nitrogens with one attached hydrogen (secondary N) is 1. The lowest BCUT2D eigenvalue weighted by atomic mass is 10.2. The zero-order valence-electron chi connectivity index (χ0n) is 10.5. The van der Waals surface area contributed by atoms with E-state index in [-0.39, 0.29) is 5.82 Å². The molecule has 3 rings (SSSR count). The molecule has 100 valence electrons. The van der Waals surface area contributed by atoms with Crippen LogP contribution in [0.15, 0.2) is 53.3 Å². The van der Waals surface area contributed by atoms with Gasteiger partial charge in [-0.05, 0) is 35.9 Å². The third-order valence-electron chi connectivity index (χ3n) is 2.97. The van der Waals surface area contributed by atoms with E-state index in [1.54, 1.807) is 12.1 Å². The summed E-state index contributed by atoms with van der Waals surface area (Å²) in [7, 11) is 0. The lowest BCUT2D eigenvalue weighted by molar-refractivity contribution is 0.627. The maximum Gasteiger partial charge on any atom is 0.137 e. The molecule has 0 spiro atoms. The molecule has 3 nitrogen and oxygen atoms in total. The summed E-state index contributed by atoms with van der Waals surface area (Å²) in [5.41, 5.74) is 1.87. The molecule has 0 radical (unpaired) electrons. The average Bonchev–Trinajstić information content (AvgIpc) is 2.47. The Kier molecular flexibility index (Phi) is 3.60. The molecule has 1 aromatic heterocycles. The van der Waals surface area contributed by atoms with Gasteiger partial charge in [-0.25, -0.2) is 14.4 Å². The van der Waals surface area contributed by atoms with E-state index in [0.717, 1.165) is 26.8 Å². The third kappa shape index (κ3) is 2.77. The van der Waals surface area contributed by atoms with Gasteiger partial charge >= 0.3 is 0 Å². The molecule has 0 amide bonds. The zero-order chi connectivity index (χ0) is 13.9. The number of nitrogens with zero attached hydrogens (tertiary/aromatic N) is 2. The highest BCUT2D eigenvalue weighted by molar-refractivity contribution is 9.10. The van der Waals surface area contributed by atoms with Crippen LogP contribution < -0.4 is 5.32 Å². The van der Waals surface area contributed by atoms with Crippen molar-refractivity contribution in [1.82, 2.24) is 9.97 Å². The van der Waals surface area contributed by atoms with Crippen LogP contribution in [0.1, 0.15) is 5.56 Å². The van der Waals surface area contributed by atoms with E-state index in [4.69, 9.17) is 0 Å². The fourth-order valence-corrected chi connectivity index (χ4v) is 2.32. The molecular weight excluding hydrogens is 321 g/mol. The van der Waals surface area contributed by atoms with Gasteiger partial charge in [-0.1, -0.05) is 28.1 Å². The first-order valence-corrected chi connectivity index (χ1v) is 6.90. The summed E-state index contributed by atoms with van der Waals surface area (Å²) >= 11 is 3.45. The van der Waals surface area contributed by atoms with Gasteiger partial charge < -0.3 is 5.32 Å². The Labute approximate surface area is 124 Å². The van der Waals surface area contributed by atoms with Gasteiger partial charge in [0.25, 0.3) is 0 Å². The predicted octanol–water partition coefficient (Wildman–Crippen LogP) is 4.14. The van der Waals surface area contributed by atoms with Crippen molar-refractivity contribution in [3.63, 3.8) is 0 Å². The molecule has 0 atom stereocenters. The van der Waals surface area contributed by atoms with E-state index < -0.39 is 0 Å². The van der Waals surface area contributed by atoms with Crippen LogP contribution in [0.5, 0.6) is 0 Å². The molecule has 0 saturated carbocycles. The first kappa shape index (κ1) is 13.0. The number of aromatic nitrogens is 2. The smallest absolute Gasteiger partial charge is 0.137 e. The van der Waals surface area contributed by atoms with Gasteiger partial charge in [-0.15, -0.1) is 0 Å². The maximum atomic E-state index is 12.9. The molecule has 0 aliphatic rings. The van der Waals surface area contributed by atoms with Crippen molar-refractivity contribution in [1.29, 1.82) is 0 Å². The zero-order valence-corrected chi connectivity index (χ0v) is 12.1. The Morgan fingerprint density at radius 1 is 1.05 bits per heavy atom. The van der Waals surface area contributed by atoms with Crippen LogP contribution in [0.25, 0.3) is 10.9 Å². The summed E-state index contributed by atoms with van der Waals surface area (Å²) in [5.74, 6) is 0.533. The molecule has 3 aromatic rings. The number of anilines is 1. The predicted molar refractivity (Wildman–Crippen MR) is 81.0 cm³/mol. The summed E-state index contributed by atoms with van der Waals surface area (Å²) in [6.07, 6.45) is 1.53. The molecule has 1 N–H and O–H groups in total. The van der Waals surface area contributed by atoms with Crippen LogP contribution in [0.2, 0.25) is 0 Å². The second kappa shape index (κ2) is 5.54. The minimum absolute atomic E-state index is 0.231. The normalized spacial score (nSPS) is 10.7. The number of rotatable bonds is 3. The van der Waals surface area contributed by atoms with Gasteiger partial charge in [0.05, 0.1) is 5.52 Å². The van der Waals surface area contributed by atoms with Crippen molar-refractivity contribution in [2.45, 2.75) is 6.54 Å². The van der Waals surface area contributed by atoms with E-state index in [9.17, 15) is 4.39 Å². The van der Waals surface area contributed by atoms with Crippen molar-refractivity contribution in [3.8, 4) is 0 Å². The number of benzene rings is 2. The summed E-state index contributed by atoms with van der Waals surface area (Å²) < 4.78 is 13.8. The van der Waals surface area contributed by atoms with E-state index in [0.29, 0.717) is 6.54 Å². The molecule has 0 saturated heterocycles. The lowest BCUT2D eigenvalue weighted by Gasteiger charge is -2.08.